The number of carbonyl (C=O) groups excluding carboxylic acids is 1. The Bertz CT molecular complexity index is 385. The second kappa shape index (κ2) is 7.92. The SMILES string of the molecule is CC(C)NCCC(=O)Nc1ccc(CN(C)C)cc1. The average Bonchev–Trinajstić information content (AvgIpc) is 2.30. The van der Waals surface area contributed by atoms with Crippen LogP contribution in [0.2, 0.25) is 0 Å². The van der Waals surface area contributed by atoms with Crippen molar-refractivity contribution in [1.82, 2.24) is 10.2 Å². The smallest absolute Gasteiger partial charge is 0.225 e. The van der Waals surface area contributed by atoms with Crippen molar-refractivity contribution in [2.24, 2.45) is 0 Å². The predicted molar refractivity (Wildman–Crippen MR) is 80.2 cm³/mol. The fraction of sp³-hybridized carbons (Fsp3) is 0.533. The van der Waals surface area contributed by atoms with E-state index < -0.39 is 0 Å². The molecule has 0 aliphatic rings. The zero-order chi connectivity index (χ0) is 14.3. The number of nitrogens with one attached hydrogen (secondary N) is 2. The molecule has 0 aliphatic heterocycles. The van der Waals surface area contributed by atoms with E-state index in [2.05, 4.69) is 29.4 Å². The highest BCUT2D eigenvalue weighted by atomic mass is 16.1. The third-order valence-corrected chi connectivity index (χ3v) is 2.64. The average molecular weight is 263 g/mol. The Morgan fingerprint density at radius 3 is 2.37 bits per heavy atom. The molecule has 0 spiro atoms. The Kier molecular flexibility index (Phi) is 6.53. The van der Waals surface area contributed by atoms with Gasteiger partial charge in [-0.3, -0.25) is 4.79 Å². The largest absolute Gasteiger partial charge is 0.326 e. The maximum absolute atomic E-state index is 11.7. The zero-order valence-corrected chi connectivity index (χ0v) is 12.4. The zero-order valence-electron chi connectivity index (χ0n) is 12.4. The maximum Gasteiger partial charge on any atom is 0.225 e. The summed E-state index contributed by atoms with van der Waals surface area (Å²) in [5.74, 6) is 0.0495. The number of benzene rings is 1. The molecule has 2 N–H and O–H groups in total. The van der Waals surface area contributed by atoms with Gasteiger partial charge in [-0.25, -0.2) is 0 Å². The summed E-state index contributed by atoms with van der Waals surface area (Å²) in [6.45, 7) is 5.76. The lowest BCUT2D eigenvalue weighted by molar-refractivity contribution is -0.116. The molecule has 19 heavy (non-hydrogen) atoms. The highest BCUT2D eigenvalue weighted by Gasteiger charge is 2.03. The van der Waals surface area contributed by atoms with Crippen LogP contribution in [-0.4, -0.2) is 37.5 Å². The molecule has 0 radical (unpaired) electrons. The Morgan fingerprint density at radius 1 is 1.21 bits per heavy atom. The van der Waals surface area contributed by atoms with Crippen LogP contribution in [0.1, 0.15) is 25.8 Å². The molecule has 0 saturated carbocycles. The van der Waals surface area contributed by atoms with Gasteiger partial charge in [-0.15, -0.1) is 0 Å². The van der Waals surface area contributed by atoms with Crippen molar-refractivity contribution < 1.29 is 4.79 Å². The van der Waals surface area contributed by atoms with Crippen LogP contribution in [0.3, 0.4) is 0 Å². The normalized spacial score (nSPS) is 11.1. The molecular formula is C15H25N3O. The van der Waals surface area contributed by atoms with Crippen molar-refractivity contribution in [1.29, 1.82) is 0 Å². The molecule has 0 aliphatic carbocycles. The van der Waals surface area contributed by atoms with Crippen molar-refractivity contribution in [3.05, 3.63) is 29.8 Å². The van der Waals surface area contributed by atoms with Gasteiger partial charge in [0.1, 0.15) is 0 Å². The maximum atomic E-state index is 11.7. The van der Waals surface area contributed by atoms with Crippen LogP contribution >= 0.6 is 0 Å². The van der Waals surface area contributed by atoms with Gasteiger partial charge in [-0.2, -0.15) is 0 Å². The third kappa shape index (κ3) is 6.94. The van der Waals surface area contributed by atoms with E-state index in [0.29, 0.717) is 19.0 Å². The minimum atomic E-state index is 0.0495. The molecule has 0 saturated heterocycles. The summed E-state index contributed by atoms with van der Waals surface area (Å²) in [6, 6.07) is 8.40. The van der Waals surface area contributed by atoms with Crippen LogP contribution in [0.25, 0.3) is 0 Å². The molecular weight excluding hydrogens is 238 g/mol. The van der Waals surface area contributed by atoms with Gasteiger partial charge in [0.25, 0.3) is 0 Å². The summed E-state index contributed by atoms with van der Waals surface area (Å²) in [7, 11) is 4.08. The first-order chi connectivity index (χ1) is 8.97. The Labute approximate surface area is 116 Å². The summed E-state index contributed by atoms with van der Waals surface area (Å²) < 4.78 is 0. The molecule has 0 heterocycles. The van der Waals surface area contributed by atoms with Crippen LogP contribution in [-0.2, 0) is 11.3 Å². The second-order valence-corrected chi connectivity index (χ2v) is 5.34. The first kappa shape index (κ1) is 15.7. The number of anilines is 1. The minimum Gasteiger partial charge on any atom is -0.326 e. The molecule has 1 rings (SSSR count). The summed E-state index contributed by atoms with van der Waals surface area (Å²) in [6.07, 6.45) is 0.498. The van der Waals surface area contributed by atoms with Crippen molar-refractivity contribution in [3.8, 4) is 0 Å². The number of amides is 1. The number of rotatable bonds is 7. The number of hydrogen-bond donors (Lipinski definition) is 2. The van der Waals surface area contributed by atoms with Gasteiger partial charge in [-0.1, -0.05) is 26.0 Å². The molecule has 4 heteroatoms. The fourth-order valence-electron chi connectivity index (χ4n) is 1.76. The van der Waals surface area contributed by atoms with Crippen molar-refractivity contribution in [2.45, 2.75) is 32.9 Å². The van der Waals surface area contributed by atoms with E-state index >= 15 is 0 Å². The molecule has 1 amide bonds. The standard InChI is InChI=1S/C15H25N3O/c1-12(2)16-10-9-15(19)17-14-7-5-13(6-8-14)11-18(3)4/h5-8,12,16H,9-11H2,1-4H3,(H,17,19). The lowest BCUT2D eigenvalue weighted by Crippen LogP contribution is -2.27. The summed E-state index contributed by atoms with van der Waals surface area (Å²) in [5.41, 5.74) is 2.10. The van der Waals surface area contributed by atoms with Crippen molar-refractivity contribution in [3.63, 3.8) is 0 Å². The summed E-state index contributed by atoms with van der Waals surface area (Å²) in [5, 5.41) is 6.13. The quantitative estimate of drug-likeness (QED) is 0.791. The van der Waals surface area contributed by atoms with Crippen LogP contribution in [0.4, 0.5) is 5.69 Å². The van der Waals surface area contributed by atoms with E-state index in [9.17, 15) is 4.79 Å². The molecule has 0 atom stereocenters. The Hall–Kier alpha value is -1.39. The first-order valence-electron chi connectivity index (χ1n) is 6.74. The van der Waals surface area contributed by atoms with Crippen LogP contribution < -0.4 is 10.6 Å². The van der Waals surface area contributed by atoms with Gasteiger partial charge < -0.3 is 15.5 Å². The topological polar surface area (TPSA) is 44.4 Å². The van der Waals surface area contributed by atoms with Gasteiger partial charge in [0, 0.05) is 31.2 Å². The Morgan fingerprint density at radius 2 is 1.84 bits per heavy atom. The number of nitrogens with zero attached hydrogens (tertiary/aromatic N) is 1. The van der Waals surface area contributed by atoms with Gasteiger partial charge in [0.15, 0.2) is 0 Å². The number of hydrogen-bond acceptors (Lipinski definition) is 3. The summed E-state index contributed by atoms with van der Waals surface area (Å²) in [4.78, 5) is 13.8. The molecule has 106 valence electrons. The lowest BCUT2D eigenvalue weighted by Gasteiger charge is -2.11. The third-order valence-electron chi connectivity index (χ3n) is 2.64. The van der Waals surface area contributed by atoms with Gasteiger partial charge in [-0.05, 0) is 31.8 Å². The monoisotopic (exact) mass is 263 g/mol. The van der Waals surface area contributed by atoms with E-state index in [4.69, 9.17) is 0 Å². The van der Waals surface area contributed by atoms with Gasteiger partial charge >= 0.3 is 0 Å². The minimum absolute atomic E-state index is 0.0495. The molecule has 4 nitrogen and oxygen atoms in total. The molecule has 0 unspecified atom stereocenters. The molecule has 0 bridgehead atoms. The van der Waals surface area contributed by atoms with E-state index in [1.807, 2.05) is 38.4 Å². The Balaban J connectivity index is 2.38. The number of carbonyl (C=O) groups is 1. The van der Waals surface area contributed by atoms with Crippen LogP contribution in [0.5, 0.6) is 0 Å². The van der Waals surface area contributed by atoms with Crippen LogP contribution in [0.15, 0.2) is 24.3 Å². The van der Waals surface area contributed by atoms with E-state index in [1.54, 1.807) is 0 Å². The highest BCUT2D eigenvalue weighted by Crippen LogP contribution is 2.10. The van der Waals surface area contributed by atoms with Gasteiger partial charge in [0.2, 0.25) is 5.91 Å². The second-order valence-electron chi connectivity index (χ2n) is 5.34. The van der Waals surface area contributed by atoms with Gasteiger partial charge in [0.05, 0.1) is 0 Å². The van der Waals surface area contributed by atoms with Crippen LogP contribution in [0, 0.1) is 0 Å². The van der Waals surface area contributed by atoms with Crippen molar-refractivity contribution >= 4 is 11.6 Å². The fourth-order valence-corrected chi connectivity index (χ4v) is 1.76. The van der Waals surface area contributed by atoms with Crippen molar-refractivity contribution in [2.75, 3.05) is 26.0 Å². The van der Waals surface area contributed by atoms with E-state index in [-0.39, 0.29) is 5.91 Å². The predicted octanol–water partition coefficient (Wildman–Crippen LogP) is 2.07. The lowest BCUT2D eigenvalue weighted by atomic mass is 10.2. The van der Waals surface area contributed by atoms with E-state index in [0.717, 1.165) is 12.2 Å². The molecule has 0 fully saturated rings. The molecule has 0 aromatic heterocycles. The van der Waals surface area contributed by atoms with E-state index in [1.165, 1.54) is 5.56 Å². The highest BCUT2D eigenvalue weighted by molar-refractivity contribution is 5.90. The molecule has 1 aromatic rings. The first-order valence-corrected chi connectivity index (χ1v) is 6.74. The summed E-state index contributed by atoms with van der Waals surface area (Å²) >= 11 is 0. The molecule has 1 aromatic carbocycles.